The van der Waals surface area contributed by atoms with Gasteiger partial charge in [-0.15, -0.1) is 0 Å². The van der Waals surface area contributed by atoms with E-state index >= 15 is 0 Å². The van der Waals surface area contributed by atoms with Crippen LogP contribution < -0.4 is 5.32 Å². The van der Waals surface area contributed by atoms with Crippen molar-refractivity contribution < 1.29 is 22.4 Å². The van der Waals surface area contributed by atoms with Gasteiger partial charge in [0, 0.05) is 42.4 Å². The van der Waals surface area contributed by atoms with E-state index in [2.05, 4.69) is 20.3 Å². The number of likely N-dealkylation sites (tertiary alicyclic amines) is 1. The molecular formula is C22H19F4N5O. The van der Waals surface area contributed by atoms with Gasteiger partial charge in [-0.2, -0.15) is 13.2 Å². The molecule has 1 saturated carbocycles. The van der Waals surface area contributed by atoms with E-state index in [0.29, 0.717) is 17.8 Å². The monoisotopic (exact) mass is 445 g/mol. The minimum absolute atomic E-state index is 0.00651. The lowest BCUT2D eigenvalue weighted by molar-refractivity contribution is -0.138. The summed E-state index contributed by atoms with van der Waals surface area (Å²) < 4.78 is 53.0. The summed E-state index contributed by atoms with van der Waals surface area (Å²) in [7, 11) is 0. The molecule has 3 heterocycles. The first-order chi connectivity index (χ1) is 15.3. The van der Waals surface area contributed by atoms with E-state index in [1.165, 1.54) is 6.07 Å². The molecule has 2 N–H and O–H groups in total. The van der Waals surface area contributed by atoms with Crippen LogP contribution in [0.4, 0.5) is 23.5 Å². The molecule has 3 aromatic rings. The molecule has 2 aromatic heterocycles. The fourth-order valence-electron chi connectivity index (χ4n) is 4.74. The number of hydrogen-bond donors (Lipinski definition) is 2. The number of anilines is 1. The Morgan fingerprint density at radius 1 is 1.12 bits per heavy atom. The van der Waals surface area contributed by atoms with Gasteiger partial charge in [-0.3, -0.25) is 4.79 Å². The van der Waals surface area contributed by atoms with Crippen LogP contribution in [0.5, 0.6) is 0 Å². The van der Waals surface area contributed by atoms with Crippen LogP contribution in [-0.2, 0) is 6.18 Å². The van der Waals surface area contributed by atoms with Gasteiger partial charge in [-0.25, -0.2) is 14.4 Å². The summed E-state index contributed by atoms with van der Waals surface area (Å²) in [5.74, 6) is -0.710. The quantitative estimate of drug-likeness (QED) is 0.586. The van der Waals surface area contributed by atoms with Crippen LogP contribution in [0, 0.1) is 11.7 Å². The Hall–Kier alpha value is -3.43. The van der Waals surface area contributed by atoms with Crippen LogP contribution >= 0.6 is 0 Å². The van der Waals surface area contributed by atoms with E-state index < -0.39 is 23.5 Å². The first-order valence-corrected chi connectivity index (χ1v) is 10.2. The molecule has 1 aliphatic heterocycles. The van der Waals surface area contributed by atoms with Crippen molar-refractivity contribution >= 4 is 11.9 Å². The number of hydrogen-bond acceptors (Lipinski definition) is 4. The van der Waals surface area contributed by atoms with Crippen molar-refractivity contribution in [1.82, 2.24) is 19.9 Å². The van der Waals surface area contributed by atoms with E-state index in [0.717, 1.165) is 25.2 Å². The number of nitrogens with zero attached hydrogens (tertiary/aromatic N) is 3. The van der Waals surface area contributed by atoms with Gasteiger partial charge in [-0.05, 0) is 37.0 Å². The maximum atomic E-state index is 14.8. The standard InChI is InChI=1S/C22H19F4N5O/c23-15-4-1-3-14(16-5-2-6-27-16)19(15)20(32)31-11-12-7-17(18(31)8-12)30-21-28-9-13(10-29-21)22(24,25)26/h1-6,9-10,12,17-18,27H,7-8,11H2,(H,28,29,30)/t12-,17+,18-/m0/s1. The van der Waals surface area contributed by atoms with Crippen LogP contribution in [0.15, 0.2) is 48.9 Å². The number of amides is 1. The number of aromatic amines is 1. The molecule has 3 atom stereocenters. The van der Waals surface area contributed by atoms with E-state index in [1.807, 2.05) is 0 Å². The van der Waals surface area contributed by atoms with E-state index in [4.69, 9.17) is 0 Å². The molecule has 1 aromatic carbocycles. The van der Waals surface area contributed by atoms with Gasteiger partial charge < -0.3 is 15.2 Å². The SMILES string of the molecule is O=C(c1c(F)cccc1-c1ccc[nH]1)N1C[C@H]2C[C@@H](Nc3ncc(C(F)(F)F)cn3)[C@@H]1C2. The number of halogens is 4. The van der Waals surface area contributed by atoms with Crippen LogP contribution in [0.25, 0.3) is 11.3 Å². The Bertz CT molecular complexity index is 1130. The molecule has 166 valence electrons. The number of aromatic nitrogens is 3. The molecule has 2 aliphatic rings. The van der Waals surface area contributed by atoms with Crippen LogP contribution in [-0.4, -0.2) is 44.4 Å². The summed E-state index contributed by atoms with van der Waals surface area (Å²) in [4.78, 5) is 25.6. The largest absolute Gasteiger partial charge is 0.419 e. The van der Waals surface area contributed by atoms with Crippen molar-refractivity contribution in [2.75, 3.05) is 11.9 Å². The van der Waals surface area contributed by atoms with Crippen LogP contribution in [0.2, 0.25) is 0 Å². The molecule has 32 heavy (non-hydrogen) atoms. The summed E-state index contributed by atoms with van der Waals surface area (Å²) in [5, 5.41) is 3.06. The zero-order valence-corrected chi connectivity index (χ0v) is 16.7. The highest BCUT2D eigenvalue weighted by atomic mass is 19.4. The zero-order valence-electron chi connectivity index (χ0n) is 16.7. The number of piperidine rings is 1. The molecule has 6 nitrogen and oxygen atoms in total. The lowest BCUT2D eigenvalue weighted by Crippen LogP contribution is -2.48. The maximum Gasteiger partial charge on any atom is 0.419 e. The highest BCUT2D eigenvalue weighted by molar-refractivity contribution is 6.01. The number of alkyl halides is 3. The molecule has 1 saturated heterocycles. The van der Waals surface area contributed by atoms with E-state index in [-0.39, 0.29) is 29.5 Å². The third-order valence-corrected chi connectivity index (χ3v) is 6.15. The third kappa shape index (κ3) is 3.59. The predicted molar refractivity (Wildman–Crippen MR) is 108 cm³/mol. The number of carbonyl (C=O) groups excluding carboxylic acids is 1. The molecule has 2 bridgehead atoms. The first-order valence-electron chi connectivity index (χ1n) is 10.2. The molecule has 1 amide bonds. The molecular weight excluding hydrogens is 426 g/mol. The Morgan fingerprint density at radius 3 is 2.56 bits per heavy atom. The molecule has 0 spiro atoms. The van der Waals surface area contributed by atoms with Gasteiger partial charge in [0.25, 0.3) is 5.91 Å². The Labute approximate surface area is 180 Å². The average molecular weight is 445 g/mol. The number of carbonyl (C=O) groups is 1. The lowest BCUT2D eigenvalue weighted by Gasteiger charge is -2.34. The minimum atomic E-state index is -4.51. The van der Waals surface area contributed by atoms with Gasteiger partial charge in [-0.1, -0.05) is 12.1 Å². The normalized spacial score (nSPS) is 22.4. The number of rotatable bonds is 4. The van der Waals surface area contributed by atoms with Gasteiger partial charge >= 0.3 is 6.18 Å². The van der Waals surface area contributed by atoms with Gasteiger partial charge in [0.15, 0.2) is 0 Å². The van der Waals surface area contributed by atoms with Crippen molar-refractivity contribution in [3.05, 3.63) is 65.9 Å². The topological polar surface area (TPSA) is 73.9 Å². The fraction of sp³-hybridized carbons (Fsp3) is 0.318. The second kappa shape index (κ2) is 7.61. The molecule has 0 unspecified atom stereocenters. The minimum Gasteiger partial charge on any atom is -0.361 e. The Kier molecular flexibility index (Phi) is 4.87. The van der Waals surface area contributed by atoms with Gasteiger partial charge in [0.2, 0.25) is 5.95 Å². The number of fused-ring (bicyclic) bond motifs is 2. The molecule has 5 rings (SSSR count). The average Bonchev–Trinajstić information content (AvgIpc) is 3.50. The summed E-state index contributed by atoms with van der Waals surface area (Å²) in [5.41, 5.74) is 0.208. The summed E-state index contributed by atoms with van der Waals surface area (Å²) in [6.07, 6.45) is 0.123. The predicted octanol–water partition coefficient (Wildman–Crippen LogP) is 4.34. The van der Waals surface area contributed by atoms with E-state index in [1.54, 1.807) is 35.4 Å². The lowest BCUT2D eigenvalue weighted by atomic mass is 10.00. The zero-order chi connectivity index (χ0) is 22.5. The Balaban J connectivity index is 1.37. The van der Waals surface area contributed by atoms with Crippen molar-refractivity contribution in [2.45, 2.75) is 31.1 Å². The summed E-state index contributed by atoms with van der Waals surface area (Å²) in [6.45, 7) is 0.508. The van der Waals surface area contributed by atoms with Gasteiger partial charge in [0.05, 0.1) is 17.2 Å². The highest BCUT2D eigenvalue weighted by Gasteiger charge is 2.48. The summed E-state index contributed by atoms with van der Waals surface area (Å²) in [6, 6.07) is 7.61. The molecule has 10 heteroatoms. The molecule has 1 aliphatic carbocycles. The van der Waals surface area contributed by atoms with E-state index in [9.17, 15) is 22.4 Å². The number of benzene rings is 1. The number of nitrogens with one attached hydrogen (secondary N) is 2. The van der Waals surface area contributed by atoms with Crippen LogP contribution in [0.1, 0.15) is 28.8 Å². The third-order valence-electron chi connectivity index (χ3n) is 6.15. The van der Waals surface area contributed by atoms with Crippen molar-refractivity contribution in [3.63, 3.8) is 0 Å². The van der Waals surface area contributed by atoms with Gasteiger partial charge in [0.1, 0.15) is 5.82 Å². The smallest absolute Gasteiger partial charge is 0.361 e. The molecule has 2 fully saturated rings. The highest BCUT2D eigenvalue weighted by Crippen LogP contribution is 2.41. The molecule has 0 radical (unpaired) electrons. The van der Waals surface area contributed by atoms with Crippen molar-refractivity contribution in [3.8, 4) is 11.3 Å². The van der Waals surface area contributed by atoms with Crippen molar-refractivity contribution in [1.29, 1.82) is 0 Å². The summed E-state index contributed by atoms with van der Waals surface area (Å²) >= 11 is 0. The second-order valence-electron chi connectivity index (χ2n) is 8.15. The van der Waals surface area contributed by atoms with Crippen molar-refractivity contribution in [2.24, 2.45) is 5.92 Å². The number of H-pyrrole nitrogens is 1. The first kappa shape index (κ1) is 20.5. The second-order valence-corrected chi connectivity index (χ2v) is 8.15. The van der Waals surface area contributed by atoms with Crippen LogP contribution in [0.3, 0.4) is 0 Å². The maximum absolute atomic E-state index is 14.8. The Morgan fingerprint density at radius 2 is 1.91 bits per heavy atom. The fourth-order valence-corrected chi connectivity index (χ4v) is 4.74.